The minimum Gasteiger partial charge on any atom is -0.743 e. The van der Waals surface area contributed by atoms with E-state index >= 15 is 0 Å². The van der Waals surface area contributed by atoms with Crippen molar-refractivity contribution < 1.29 is 58.4 Å². The molecule has 0 aromatic rings. The number of hydrogen-bond donors (Lipinski definition) is 0. The van der Waals surface area contributed by atoms with Crippen molar-refractivity contribution in [3.63, 3.8) is 0 Å². The fourth-order valence-corrected chi connectivity index (χ4v) is 1.76. The van der Waals surface area contributed by atoms with E-state index in [1.54, 1.807) is 0 Å². The number of nitrogens with zero attached hydrogens (tertiary/aromatic N) is 1. The molecule has 27 heavy (non-hydrogen) atoms. The van der Waals surface area contributed by atoms with Crippen molar-refractivity contribution in [3.8, 4) is 0 Å². The first-order valence-corrected chi connectivity index (χ1v) is 8.28. The summed E-state index contributed by atoms with van der Waals surface area (Å²) in [4.78, 5) is 23.7. The summed E-state index contributed by atoms with van der Waals surface area (Å²) < 4.78 is 118. The molecular formula is C12H14F6NO7S-. The van der Waals surface area contributed by atoms with Gasteiger partial charge in [-0.1, -0.05) is 6.58 Å². The second-order valence-corrected chi connectivity index (χ2v) is 6.27. The van der Waals surface area contributed by atoms with Crippen molar-refractivity contribution in [2.24, 2.45) is 0 Å². The summed E-state index contributed by atoms with van der Waals surface area (Å²) in [6, 6.07) is 0. The Balaban J connectivity index is 6.35. The Morgan fingerprint density at radius 3 is 1.85 bits per heavy atom. The topological polar surface area (TPSA) is 113 Å². The highest BCUT2D eigenvalue weighted by atomic mass is 32.2. The average molecular weight is 430 g/mol. The smallest absolute Gasteiger partial charge is 0.466 e. The van der Waals surface area contributed by atoms with Crippen LogP contribution in [-0.2, 0) is 29.2 Å². The Bertz CT molecular complexity index is 689. The van der Waals surface area contributed by atoms with Crippen molar-refractivity contribution in [1.29, 1.82) is 0 Å². The number of carbonyl (C=O) groups is 2. The fourth-order valence-electron chi connectivity index (χ4n) is 1.56. The summed E-state index contributed by atoms with van der Waals surface area (Å²) in [5.41, 5.74) is 0. The zero-order chi connectivity index (χ0) is 21.8. The fraction of sp³-hybridized carbons (Fsp3) is 0.667. The van der Waals surface area contributed by atoms with E-state index in [-0.39, 0.29) is 0 Å². The maximum absolute atomic E-state index is 13.5. The lowest BCUT2D eigenvalue weighted by atomic mass is 10.2. The van der Waals surface area contributed by atoms with Gasteiger partial charge in [0, 0.05) is 13.1 Å². The molecule has 0 bridgehead atoms. The van der Waals surface area contributed by atoms with Crippen LogP contribution < -0.4 is 0 Å². The van der Waals surface area contributed by atoms with Crippen LogP contribution in [0.4, 0.5) is 26.3 Å². The number of halogens is 6. The molecule has 0 aliphatic carbocycles. The van der Waals surface area contributed by atoms with E-state index in [1.165, 1.54) is 0 Å². The van der Waals surface area contributed by atoms with Crippen molar-refractivity contribution >= 4 is 22.0 Å². The van der Waals surface area contributed by atoms with Crippen molar-refractivity contribution in [3.05, 3.63) is 12.4 Å². The van der Waals surface area contributed by atoms with E-state index in [2.05, 4.69) is 16.1 Å². The third kappa shape index (κ3) is 5.55. The van der Waals surface area contributed by atoms with E-state index in [9.17, 15) is 48.9 Å². The summed E-state index contributed by atoms with van der Waals surface area (Å²) in [6.07, 6.45) is -6.07. The van der Waals surface area contributed by atoms with Crippen LogP contribution in [-0.4, -0.2) is 66.7 Å². The number of alkyl halides is 5. The van der Waals surface area contributed by atoms with E-state index in [1.807, 2.05) is 0 Å². The van der Waals surface area contributed by atoms with Crippen LogP contribution in [0.5, 0.6) is 0 Å². The van der Waals surface area contributed by atoms with E-state index in [0.29, 0.717) is 4.90 Å². The highest BCUT2D eigenvalue weighted by Crippen LogP contribution is 2.39. The van der Waals surface area contributed by atoms with Gasteiger partial charge in [0.2, 0.25) is 5.83 Å². The highest BCUT2D eigenvalue weighted by Gasteiger charge is 2.68. The first kappa shape index (κ1) is 25.1. The normalized spacial score (nSPS) is 15.0. The monoisotopic (exact) mass is 430 g/mol. The molecule has 0 aromatic heterocycles. The van der Waals surface area contributed by atoms with Gasteiger partial charge < -0.3 is 18.9 Å². The average Bonchev–Trinajstić information content (AvgIpc) is 2.49. The zero-order valence-electron chi connectivity index (χ0n) is 13.8. The number of rotatable bonds is 9. The van der Waals surface area contributed by atoms with Crippen LogP contribution in [0.1, 0.15) is 13.8 Å². The molecular weight excluding hydrogens is 416 g/mol. The molecule has 0 N–H and O–H groups in total. The van der Waals surface area contributed by atoms with Crippen LogP contribution >= 0.6 is 0 Å². The molecule has 0 saturated heterocycles. The first-order chi connectivity index (χ1) is 12.0. The van der Waals surface area contributed by atoms with Gasteiger partial charge >= 0.3 is 29.1 Å². The molecule has 0 rings (SSSR count). The largest absolute Gasteiger partial charge is 0.743 e. The number of esters is 1. The van der Waals surface area contributed by atoms with Crippen molar-refractivity contribution in [2.75, 3.05) is 19.7 Å². The highest BCUT2D eigenvalue weighted by molar-refractivity contribution is 7.86. The molecule has 1 unspecified atom stereocenters. The molecule has 0 aliphatic heterocycles. The van der Waals surface area contributed by atoms with E-state index in [4.69, 9.17) is 0 Å². The molecule has 0 radical (unpaired) electrons. The molecule has 0 aromatic carbocycles. The van der Waals surface area contributed by atoms with Crippen LogP contribution in [0.25, 0.3) is 0 Å². The molecule has 0 heterocycles. The molecule has 158 valence electrons. The Kier molecular flexibility index (Phi) is 7.85. The SMILES string of the molecule is C=C(F)C(=O)OC(OCC(F)(F)S(=O)(=O)[O-])(C(=O)N(CC)CC)C(F)(F)F. The quantitative estimate of drug-likeness (QED) is 0.178. The Morgan fingerprint density at radius 1 is 1.11 bits per heavy atom. The minimum atomic E-state index is -6.50. The Labute approximate surface area is 149 Å². The number of hydrogen-bond acceptors (Lipinski definition) is 7. The van der Waals surface area contributed by atoms with Gasteiger partial charge in [0.15, 0.2) is 10.1 Å². The van der Waals surface area contributed by atoms with Gasteiger partial charge in [-0.15, -0.1) is 0 Å². The number of likely N-dealkylation sites (N-methyl/N-ethyl adjacent to an activating group) is 1. The van der Waals surface area contributed by atoms with Gasteiger partial charge in [-0.05, 0) is 13.8 Å². The molecule has 0 spiro atoms. The first-order valence-electron chi connectivity index (χ1n) is 6.87. The van der Waals surface area contributed by atoms with E-state index in [0.717, 1.165) is 13.8 Å². The summed E-state index contributed by atoms with van der Waals surface area (Å²) in [6.45, 7) is 0.932. The van der Waals surface area contributed by atoms with Gasteiger partial charge in [0.25, 0.3) is 0 Å². The predicted octanol–water partition coefficient (Wildman–Crippen LogP) is 1.29. The Morgan fingerprint density at radius 2 is 1.56 bits per heavy atom. The molecule has 0 aliphatic rings. The molecule has 15 heteroatoms. The molecule has 0 fully saturated rings. The number of carbonyl (C=O) groups excluding carboxylic acids is 2. The van der Waals surface area contributed by atoms with Crippen LogP contribution in [0, 0.1) is 0 Å². The zero-order valence-corrected chi connectivity index (χ0v) is 14.6. The number of amides is 1. The summed E-state index contributed by atoms with van der Waals surface area (Å²) in [5.74, 6) is -11.7. The molecule has 0 saturated carbocycles. The number of ether oxygens (including phenoxy) is 2. The van der Waals surface area contributed by atoms with Crippen molar-refractivity contribution in [1.82, 2.24) is 4.90 Å². The van der Waals surface area contributed by atoms with Gasteiger partial charge in [0.1, 0.15) is 6.61 Å². The van der Waals surface area contributed by atoms with Crippen molar-refractivity contribution in [2.45, 2.75) is 31.1 Å². The molecule has 1 amide bonds. The van der Waals surface area contributed by atoms with Gasteiger partial charge in [-0.2, -0.15) is 26.3 Å². The standard InChI is InChI=1S/C12H15F6NO7S/c1-4-19(5-2)9(21)11(12(16,17)18,26-8(20)7(3)13)25-6-10(14,15)27(22,23)24/h3-6H2,1-2H3,(H,22,23,24)/p-1. The van der Waals surface area contributed by atoms with Crippen LogP contribution in [0.15, 0.2) is 12.4 Å². The van der Waals surface area contributed by atoms with Crippen LogP contribution in [0.2, 0.25) is 0 Å². The molecule has 1 atom stereocenters. The second kappa shape index (κ2) is 8.43. The maximum Gasteiger partial charge on any atom is 0.466 e. The van der Waals surface area contributed by atoms with E-state index < -0.39 is 64.7 Å². The lowest BCUT2D eigenvalue weighted by molar-refractivity contribution is -0.356. The third-order valence-electron chi connectivity index (χ3n) is 2.97. The molecule has 8 nitrogen and oxygen atoms in total. The van der Waals surface area contributed by atoms with Gasteiger partial charge in [0.05, 0.1) is 0 Å². The lowest BCUT2D eigenvalue weighted by Crippen LogP contribution is -2.63. The summed E-state index contributed by atoms with van der Waals surface area (Å²) in [7, 11) is -6.50. The minimum absolute atomic E-state index is 0.325. The summed E-state index contributed by atoms with van der Waals surface area (Å²) >= 11 is 0. The third-order valence-corrected chi connectivity index (χ3v) is 3.82. The maximum atomic E-state index is 13.5. The van der Waals surface area contributed by atoms with Gasteiger partial charge in [-0.25, -0.2) is 13.2 Å². The van der Waals surface area contributed by atoms with Gasteiger partial charge in [-0.3, -0.25) is 4.79 Å². The second-order valence-electron chi connectivity index (χ2n) is 4.77. The summed E-state index contributed by atoms with van der Waals surface area (Å²) in [5, 5.41) is -5.42. The van der Waals surface area contributed by atoms with Crippen LogP contribution in [0.3, 0.4) is 0 Å². The predicted molar refractivity (Wildman–Crippen MR) is 73.7 cm³/mol. The Hall–Kier alpha value is -1.87. The lowest BCUT2D eigenvalue weighted by Gasteiger charge is -2.37.